The molecule has 0 heteroatoms. The average molecular weight is 1120 g/mol. The van der Waals surface area contributed by atoms with Crippen LogP contribution in [0.5, 0.6) is 0 Å². The zero-order chi connectivity index (χ0) is 65.1. The van der Waals surface area contributed by atoms with Gasteiger partial charge in [-0.25, -0.2) is 0 Å². The highest BCUT2D eigenvalue weighted by atomic mass is 14.3. The van der Waals surface area contributed by atoms with Gasteiger partial charge in [-0.1, -0.05) is 412 Å². The zero-order valence-electron chi connectivity index (χ0n) is 63.7. The van der Waals surface area contributed by atoms with Crippen LogP contribution in [0.4, 0.5) is 0 Å². The fourth-order valence-corrected chi connectivity index (χ4v) is 5.34. The molecule has 79 heavy (non-hydrogen) atoms. The molecule has 4 aliphatic carbocycles. The second-order valence-corrected chi connectivity index (χ2v) is 26.9. The van der Waals surface area contributed by atoms with E-state index in [4.69, 9.17) is 0 Å². The molecule has 0 saturated heterocycles. The Bertz CT molecular complexity index is 1170. The molecule has 0 heterocycles. The van der Waals surface area contributed by atoms with Gasteiger partial charge in [-0.15, -0.1) is 0 Å². The van der Waals surface area contributed by atoms with Crippen LogP contribution in [0.15, 0.2) is 54.6 Å². The van der Waals surface area contributed by atoms with Crippen molar-refractivity contribution in [3.8, 4) is 0 Å². The van der Waals surface area contributed by atoms with Crippen LogP contribution in [0, 0.1) is 78.4 Å². The van der Waals surface area contributed by atoms with Crippen molar-refractivity contribution < 1.29 is 0 Å². The second kappa shape index (κ2) is 78.5. The van der Waals surface area contributed by atoms with Crippen molar-refractivity contribution in [3.05, 3.63) is 71.3 Å². The molecule has 6 rings (SSSR count). The summed E-state index contributed by atoms with van der Waals surface area (Å²) in [5.41, 5.74) is 5.76. The molecule has 4 fully saturated rings. The van der Waals surface area contributed by atoms with Gasteiger partial charge in [0.05, 0.1) is 0 Å². The summed E-state index contributed by atoms with van der Waals surface area (Å²) in [6.07, 6.45) is 27.3. The first-order valence-corrected chi connectivity index (χ1v) is 34.8. The van der Waals surface area contributed by atoms with Gasteiger partial charge in [-0.05, 0) is 102 Å². The minimum absolute atomic E-state index is 0.500. The summed E-state index contributed by atoms with van der Waals surface area (Å²) in [5.74, 6) is 6.77. The summed E-state index contributed by atoms with van der Waals surface area (Å²) in [4.78, 5) is 0. The smallest absolute Gasteiger partial charge is 0.0354 e. The zero-order valence-corrected chi connectivity index (χ0v) is 63.7. The van der Waals surface area contributed by atoms with E-state index in [-0.39, 0.29) is 0 Å². The number of benzene rings is 2. The molecule has 4 saturated carbocycles. The van der Waals surface area contributed by atoms with Gasteiger partial charge >= 0.3 is 0 Å². The van der Waals surface area contributed by atoms with Crippen molar-refractivity contribution in [2.45, 2.75) is 385 Å². The lowest BCUT2D eigenvalue weighted by Crippen LogP contribution is -2.19. The largest absolute Gasteiger partial charge is 0.0683 e. The van der Waals surface area contributed by atoms with E-state index >= 15 is 0 Å². The lowest BCUT2D eigenvalue weighted by Gasteiger charge is -2.32. The molecule has 0 unspecified atom stereocenters. The summed E-state index contributed by atoms with van der Waals surface area (Å²) in [5, 5.41) is 0. The van der Waals surface area contributed by atoms with Gasteiger partial charge in [-0.2, -0.15) is 0 Å². The van der Waals surface area contributed by atoms with Crippen LogP contribution >= 0.6 is 0 Å². The van der Waals surface area contributed by atoms with Crippen molar-refractivity contribution >= 4 is 0 Å². The first-order valence-electron chi connectivity index (χ1n) is 34.8. The third-order valence-electron chi connectivity index (χ3n) is 12.1. The van der Waals surface area contributed by atoms with Crippen LogP contribution in [0.2, 0.25) is 0 Å². The first kappa shape index (κ1) is 103. The number of hydrogen-bond acceptors (Lipinski definition) is 0. The van der Waals surface area contributed by atoms with Crippen LogP contribution in [-0.2, 0) is 0 Å². The molecule has 0 atom stereocenters. The van der Waals surface area contributed by atoms with E-state index in [1.807, 2.05) is 87.4 Å². The number of hydrogen-bond donors (Lipinski definition) is 0. The highest BCUT2D eigenvalue weighted by Gasteiger charge is 2.24. The molecule has 2 aromatic carbocycles. The molecule has 0 radical (unpaired) electrons. The summed E-state index contributed by atoms with van der Waals surface area (Å²) < 4.78 is 0. The molecule has 0 spiro atoms. The van der Waals surface area contributed by atoms with E-state index in [1.165, 1.54) is 139 Å². The van der Waals surface area contributed by atoms with Crippen LogP contribution in [-0.4, -0.2) is 0 Å². The topological polar surface area (TPSA) is 0 Å². The van der Waals surface area contributed by atoms with E-state index in [0.29, 0.717) is 16.2 Å². The Kier molecular flexibility index (Phi) is 102. The normalized spacial score (nSPS) is 14.4. The maximum atomic E-state index is 2.39. The fourth-order valence-electron chi connectivity index (χ4n) is 5.34. The van der Waals surface area contributed by atoms with E-state index < -0.39 is 0 Å². The van der Waals surface area contributed by atoms with Crippen molar-refractivity contribution in [1.29, 1.82) is 0 Å². The minimum Gasteiger partial charge on any atom is -0.0683 e. The fraction of sp³-hybridized carbons (Fsp3) is 0.848. The monoisotopic (exact) mass is 1120 g/mol. The highest BCUT2D eigenvalue weighted by molar-refractivity contribution is 5.23. The standard InChI is InChI=1S/C9H18.C8H10.C7H14.C7H8.C6H12.C6H14.3C5H12.C4H8.C4H10.C3H8.5C2H6/c1-8-4-6-9(2,3)7-5-8;1-7-5-3-4-6-8(7)2;2*1-7-5-3-2-4-6-7;1-6-4-2-3-5-6;1-5-6(2,3)4;1-5(2,3)4;2*1-4-5(2)3;1-4-2-3-4;1-4(2)3;1-3-2;5*1-2/h8H,4-7H2,1-3H3;3-6H,1-2H3;7H,2-6H2,1H3;2-6H,1H3;6H,2-5H2,1H3;5H2,1-4H3;1-4H3;2*5H,4H2,1-3H3;4H,2-3H2,1H3;4H,1-3H3;3H2,1-2H3;5*1-2H3. The van der Waals surface area contributed by atoms with Gasteiger partial charge in [0.2, 0.25) is 0 Å². The van der Waals surface area contributed by atoms with Crippen molar-refractivity contribution in [3.63, 3.8) is 0 Å². The Balaban J connectivity index is -0.0000000705. The minimum atomic E-state index is 0.500. The molecule has 0 amide bonds. The maximum Gasteiger partial charge on any atom is -0.0354 e. The Morgan fingerprint density at radius 1 is 0.405 bits per heavy atom. The molecule has 0 aliphatic heterocycles. The lowest BCUT2D eigenvalue weighted by atomic mass is 9.74. The van der Waals surface area contributed by atoms with Gasteiger partial charge in [-0.3, -0.25) is 0 Å². The molecular formula is C79H168. The van der Waals surface area contributed by atoms with Crippen molar-refractivity contribution in [2.75, 3.05) is 0 Å². The Morgan fingerprint density at radius 3 is 0.722 bits per heavy atom. The maximum absolute atomic E-state index is 2.39. The molecule has 0 aromatic heterocycles. The SMILES string of the molecule is CC.CC.CC.CC.CC.CC(C)(C)C.CC(C)C.CC1CC1.CC1CCC(C)(C)CC1.CC1CCCC1.CC1CCCCC1.CCC.CCC(C)(C)C.CCC(C)C.CCC(C)C.Cc1ccccc1.Cc1ccccc1C. The van der Waals surface area contributed by atoms with Crippen LogP contribution < -0.4 is 0 Å². The predicted molar refractivity (Wildman–Crippen MR) is 385 cm³/mol. The summed E-state index contributed by atoms with van der Waals surface area (Å²) in [6, 6.07) is 18.6. The molecule has 484 valence electrons. The lowest BCUT2D eigenvalue weighted by molar-refractivity contribution is 0.201. The average Bonchev–Trinajstić information content (AvgIpc) is 4.05. The van der Waals surface area contributed by atoms with E-state index in [0.717, 1.165) is 41.4 Å². The van der Waals surface area contributed by atoms with Crippen molar-refractivity contribution in [1.82, 2.24) is 0 Å². The van der Waals surface area contributed by atoms with Gasteiger partial charge in [0.25, 0.3) is 0 Å². The summed E-state index contributed by atoms with van der Waals surface area (Å²) in [7, 11) is 0. The number of rotatable bonds is 2. The van der Waals surface area contributed by atoms with Crippen molar-refractivity contribution in [2.24, 2.45) is 57.7 Å². The highest BCUT2D eigenvalue weighted by Crippen LogP contribution is 2.37. The molecule has 4 aliphatic rings. The molecular weight excluding hydrogens is 949 g/mol. The first-order chi connectivity index (χ1) is 36.7. The summed E-state index contributed by atoms with van der Waals surface area (Å²) >= 11 is 0. The van der Waals surface area contributed by atoms with Crippen LogP contribution in [0.1, 0.15) is 381 Å². The van der Waals surface area contributed by atoms with E-state index in [9.17, 15) is 0 Å². The van der Waals surface area contributed by atoms with Crippen LogP contribution in [0.25, 0.3) is 0 Å². The molecule has 0 N–H and O–H groups in total. The third-order valence-corrected chi connectivity index (χ3v) is 12.1. The van der Waals surface area contributed by atoms with Gasteiger partial charge in [0.1, 0.15) is 0 Å². The third kappa shape index (κ3) is 143. The Hall–Kier alpha value is -1.56. The van der Waals surface area contributed by atoms with Crippen LogP contribution in [0.3, 0.4) is 0 Å². The second-order valence-electron chi connectivity index (χ2n) is 26.9. The van der Waals surface area contributed by atoms with Gasteiger partial charge < -0.3 is 0 Å². The molecule has 2 aromatic rings. The molecule has 0 bridgehead atoms. The summed E-state index contributed by atoms with van der Waals surface area (Å²) in [6.45, 7) is 82.2. The van der Waals surface area contributed by atoms with Gasteiger partial charge in [0, 0.05) is 0 Å². The van der Waals surface area contributed by atoms with E-state index in [1.54, 1.807) is 0 Å². The molecule has 0 nitrogen and oxygen atoms in total. The predicted octanol–water partition coefficient (Wildman–Crippen LogP) is 30.5. The number of aryl methyl sites for hydroxylation is 3. The quantitative estimate of drug-likeness (QED) is 0.281. The van der Waals surface area contributed by atoms with Gasteiger partial charge in [0.15, 0.2) is 0 Å². The Labute approximate surface area is 511 Å². The Morgan fingerprint density at radius 2 is 0.608 bits per heavy atom. The van der Waals surface area contributed by atoms with E-state index in [2.05, 4.69) is 230 Å².